The first kappa shape index (κ1) is 17.7. The van der Waals surface area contributed by atoms with Crippen molar-refractivity contribution in [2.24, 2.45) is 0 Å². The highest BCUT2D eigenvalue weighted by Gasteiger charge is 2.15. The topological polar surface area (TPSA) is 75.6 Å². The molecule has 0 spiro atoms. The fraction of sp³-hybridized carbons (Fsp3) is 0.467. The van der Waals surface area contributed by atoms with Crippen LogP contribution < -0.4 is 4.72 Å². The summed E-state index contributed by atoms with van der Waals surface area (Å²) in [5.74, 6) is 5.30. The van der Waals surface area contributed by atoms with Gasteiger partial charge in [-0.1, -0.05) is 24.0 Å². The molecule has 116 valence electrons. The van der Waals surface area contributed by atoms with Crippen LogP contribution in [-0.2, 0) is 14.8 Å². The zero-order valence-corrected chi connectivity index (χ0v) is 13.1. The Morgan fingerprint density at radius 1 is 1.33 bits per heavy atom. The summed E-state index contributed by atoms with van der Waals surface area (Å²) in [6.07, 6.45) is 0. The van der Waals surface area contributed by atoms with Crippen LogP contribution in [0.2, 0.25) is 0 Å². The van der Waals surface area contributed by atoms with Crippen molar-refractivity contribution in [2.45, 2.75) is 19.9 Å². The lowest BCUT2D eigenvalue weighted by Crippen LogP contribution is -2.30. The predicted octanol–water partition coefficient (Wildman–Crippen LogP) is 1.05. The number of aliphatic hydroxyl groups is 1. The van der Waals surface area contributed by atoms with Gasteiger partial charge in [0.15, 0.2) is 0 Å². The third kappa shape index (κ3) is 6.74. The molecule has 0 saturated carbocycles. The maximum Gasteiger partial charge on any atom is 0.214 e. The van der Waals surface area contributed by atoms with E-state index in [2.05, 4.69) is 16.6 Å². The maximum absolute atomic E-state index is 11.9. The molecule has 5 nitrogen and oxygen atoms in total. The van der Waals surface area contributed by atoms with Gasteiger partial charge in [-0.15, -0.1) is 0 Å². The van der Waals surface area contributed by atoms with Crippen LogP contribution >= 0.6 is 0 Å². The highest BCUT2D eigenvalue weighted by Crippen LogP contribution is 2.14. The Labute approximate surface area is 126 Å². The highest BCUT2D eigenvalue weighted by molar-refractivity contribution is 7.89. The van der Waals surface area contributed by atoms with Gasteiger partial charge in [0.1, 0.15) is 6.61 Å². The number of hydrogen-bond donors (Lipinski definition) is 2. The standard InChI is InChI=1S/C15H21NO4S/c1-3-20-11-12-21(18,19)16-13(2)15-8-6-14(7-9-15)5-4-10-17/h6-9,13,16-17H,3,10-12H2,1-2H3. The van der Waals surface area contributed by atoms with Crippen LogP contribution in [0.4, 0.5) is 0 Å². The number of benzene rings is 1. The van der Waals surface area contributed by atoms with E-state index in [1.54, 1.807) is 19.1 Å². The average Bonchev–Trinajstić information content (AvgIpc) is 2.45. The number of hydrogen-bond acceptors (Lipinski definition) is 4. The van der Waals surface area contributed by atoms with Crippen molar-refractivity contribution >= 4 is 10.0 Å². The Morgan fingerprint density at radius 2 is 2.00 bits per heavy atom. The molecule has 0 aliphatic rings. The zero-order valence-electron chi connectivity index (χ0n) is 12.3. The molecule has 1 unspecified atom stereocenters. The van der Waals surface area contributed by atoms with Gasteiger partial charge < -0.3 is 9.84 Å². The van der Waals surface area contributed by atoms with E-state index in [-0.39, 0.29) is 25.0 Å². The number of nitrogens with one attached hydrogen (secondary N) is 1. The summed E-state index contributed by atoms with van der Waals surface area (Å²) in [7, 11) is -3.36. The normalized spacial score (nSPS) is 12.5. The number of rotatable bonds is 7. The van der Waals surface area contributed by atoms with E-state index in [1.807, 2.05) is 19.1 Å². The Kier molecular flexibility index (Phi) is 7.40. The summed E-state index contributed by atoms with van der Waals surface area (Å²) in [6.45, 7) is 4.12. The van der Waals surface area contributed by atoms with Gasteiger partial charge in [0.05, 0.1) is 12.4 Å². The molecule has 1 atom stereocenters. The lowest BCUT2D eigenvalue weighted by atomic mass is 10.1. The molecule has 21 heavy (non-hydrogen) atoms. The third-order valence-electron chi connectivity index (χ3n) is 2.78. The van der Waals surface area contributed by atoms with Gasteiger partial charge in [0.25, 0.3) is 0 Å². The first-order valence-electron chi connectivity index (χ1n) is 6.76. The molecule has 1 rings (SSSR count). The van der Waals surface area contributed by atoms with E-state index >= 15 is 0 Å². The first-order chi connectivity index (χ1) is 9.98. The number of sulfonamides is 1. The van der Waals surface area contributed by atoms with Crippen LogP contribution in [0.25, 0.3) is 0 Å². The third-order valence-corrected chi connectivity index (χ3v) is 4.20. The Morgan fingerprint density at radius 3 is 2.57 bits per heavy atom. The zero-order chi connectivity index (χ0) is 15.7. The Balaban J connectivity index is 2.64. The second-order valence-electron chi connectivity index (χ2n) is 4.44. The molecule has 0 bridgehead atoms. The fourth-order valence-electron chi connectivity index (χ4n) is 1.71. The van der Waals surface area contributed by atoms with E-state index in [0.29, 0.717) is 6.61 Å². The second-order valence-corrected chi connectivity index (χ2v) is 6.31. The van der Waals surface area contributed by atoms with Crippen molar-refractivity contribution in [1.82, 2.24) is 4.72 Å². The van der Waals surface area contributed by atoms with Crippen LogP contribution in [0.3, 0.4) is 0 Å². The monoisotopic (exact) mass is 311 g/mol. The summed E-state index contributed by atoms with van der Waals surface area (Å²) in [4.78, 5) is 0. The van der Waals surface area contributed by atoms with E-state index in [4.69, 9.17) is 9.84 Å². The molecule has 1 aromatic rings. The maximum atomic E-state index is 11.9. The van der Waals surface area contributed by atoms with Gasteiger partial charge >= 0.3 is 0 Å². The molecule has 0 saturated heterocycles. The molecule has 0 aromatic heterocycles. The average molecular weight is 311 g/mol. The summed E-state index contributed by atoms with van der Waals surface area (Å²) >= 11 is 0. The quantitative estimate of drug-likeness (QED) is 0.583. The van der Waals surface area contributed by atoms with E-state index in [9.17, 15) is 8.42 Å². The molecule has 2 N–H and O–H groups in total. The molecular weight excluding hydrogens is 290 g/mol. The lowest BCUT2D eigenvalue weighted by Gasteiger charge is -2.14. The Hall–Kier alpha value is -1.39. The van der Waals surface area contributed by atoms with Crippen molar-refractivity contribution in [3.8, 4) is 11.8 Å². The summed E-state index contributed by atoms with van der Waals surface area (Å²) in [6, 6.07) is 6.90. The van der Waals surface area contributed by atoms with Gasteiger partial charge in [0, 0.05) is 18.2 Å². The summed E-state index contributed by atoms with van der Waals surface area (Å²) < 4.78 is 31.4. The molecule has 0 heterocycles. The molecule has 0 radical (unpaired) electrons. The molecule has 0 aliphatic carbocycles. The van der Waals surface area contributed by atoms with Crippen molar-refractivity contribution in [3.05, 3.63) is 35.4 Å². The van der Waals surface area contributed by atoms with Crippen LogP contribution in [-0.4, -0.2) is 39.1 Å². The lowest BCUT2D eigenvalue weighted by molar-refractivity contribution is 0.163. The SMILES string of the molecule is CCOCCS(=O)(=O)NC(C)c1ccc(C#CCO)cc1. The predicted molar refractivity (Wildman–Crippen MR) is 82.2 cm³/mol. The molecule has 0 amide bonds. The van der Waals surface area contributed by atoms with Crippen molar-refractivity contribution in [3.63, 3.8) is 0 Å². The number of aliphatic hydroxyl groups excluding tert-OH is 1. The van der Waals surface area contributed by atoms with Crippen molar-refractivity contribution in [2.75, 3.05) is 25.6 Å². The van der Waals surface area contributed by atoms with E-state index in [0.717, 1.165) is 11.1 Å². The van der Waals surface area contributed by atoms with Crippen molar-refractivity contribution < 1.29 is 18.3 Å². The van der Waals surface area contributed by atoms with Gasteiger partial charge in [-0.25, -0.2) is 13.1 Å². The van der Waals surface area contributed by atoms with Crippen LogP contribution in [0.15, 0.2) is 24.3 Å². The highest BCUT2D eigenvalue weighted by atomic mass is 32.2. The first-order valence-corrected chi connectivity index (χ1v) is 8.41. The Bertz CT molecular complexity index is 584. The van der Waals surface area contributed by atoms with E-state index < -0.39 is 10.0 Å². The van der Waals surface area contributed by atoms with Gasteiger partial charge in [0.2, 0.25) is 10.0 Å². The van der Waals surface area contributed by atoms with Crippen LogP contribution in [0, 0.1) is 11.8 Å². The minimum absolute atomic E-state index is 0.0504. The van der Waals surface area contributed by atoms with Crippen LogP contribution in [0.1, 0.15) is 31.0 Å². The minimum atomic E-state index is -3.36. The molecule has 0 aliphatic heterocycles. The smallest absolute Gasteiger partial charge is 0.214 e. The summed E-state index contributed by atoms with van der Waals surface area (Å²) in [5.41, 5.74) is 1.63. The summed E-state index contributed by atoms with van der Waals surface area (Å²) in [5, 5.41) is 8.63. The van der Waals surface area contributed by atoms with Gasteiger partial charge in [-0.2, -0.15) is 0 Å². The molecular formula is C15H21NO4S. The van der Waals surface area contributed by atoms with Gasteiger partial charge in [-0.3, -0.25) is 0 Å². The van der Waals surface area contributed by atoms with Crippen LogP contribution in [0.5, 0.6) is 0 Å². The molecule has 0 fully saturated rings. The minimum Gasteiger partial charge on any atom is -0.384 e. The van der Waals surface area contributed by atoms with Gasteiger partial charge in [-0.05, 0) is 31.5 Å². The number of ether oxygens (including phenoxy) is 1. The second kappa shape index (κ2) is 8.80. The fourth-order valence-corrected chi connectivity index (χ4v) is 2.84. The van der Waals surface area contributed by atoms with E-state index in [1.165, 1.54) is 0 Å². The molecule has 1 aromatic carbocycles. The largest absolute Gasteiger partial charge is 0.384 e. The van der Waals surface area contributed by atoms with Crippen molar-refractivity contribution in [1.29, 1.82) is 0 Å². The molecule has 6 heteroatoms.